The van der Waals surface area contributed by atoms with Crippen molar-refractivity contribution in [3.8, 4) is 0 Å². The van der Waals surface area contributed by atoms with E-state index in [9.17, 15) is 18.3 Å². The van der Waals surface area contributed by atoms with Crippen LogP contribution in [0.5, 0.6) is 0 Å². The Bertz CT molecular complexity index is 515. The van der Waals surface area contributed by atoms with Crippen LogP contribution in [-0.4, -0.2) is 26.0 Å². The van der Waals surface area contributed by atoms with Gasteiger partial charge in [0.1, 0.15) is 4.21 Å². The quantitative estimate of drug-likeness (QED) is 0.863. The predicted octanol–water partition coefficient (Wildman–Crippen LogP) is 1.67. The Kier molecular flexibility index (Phi) is 3.74. The highest BCUT2D eigenvalue weighted by Gasteiger charge is 2.42. The average molecular weight is 289 g/mol. The number of rotatable bonds is 5. The van der Waals surface area contributed by atoms with Crippen LogP contribution in [0.2, 0.25) is 0 Å². The molecule has 2 N–H and O–H groups in total. The monoisotopic (exact) mass is 289 g/mol. The molecular formula is C11H15NO4S2. The van der Waals surface area contributed by atoms with Crippen molar-refractivity contribution in [2.45, 2.75) is 29.9 Å². The first kappa shape index (κ1) is 13.5. The fourth-order valence-electron chi connectivity index (χ4n) is 2.24. The second-order valence-corrected chi connectivity index (χ2v) is 7.49. The number of carboxylic acids is 1. The van der Waals surface area contributed by atoms with Crippen molar-refractivity contribution in [3.05, 3.63) is 17.5 Å². The molecule has 1 heterocycles. The maximum atomic E-state index is 11.9. The van der Waals surface area contributed by atoms with Crippen molar-refractivity contribution < 1.29 is 18.3 Å². The first-order valence-corrected chi connectivity index (χ1v) is 8.09. The molecule has 1 aliphatic rings. The summed E-state index contributed by atoms with van der Waals surface area (Å²) in [6.45, 7) is -0.0252. The number of aliphatic carboxylic acids is 1. The van der Waals surface area contributed by atoms with Crippen LogP contribution in [0.15, 0.2) is 21.7 Å². The molecule has 18 heavy (non-hydrogen) atoms. The van der Waals surface area contributed by atoms with E-state index in [0.717, 1.165) is 24.2 Å². The second-order valence-electron chi connectivity index (χ2n) is 4.55. The van der Waals surface area contributed by atoms with Gasteiger partial charge in [-0.25, -0.2) is 13.1 Å². The number of hydrogen-bond acceptors (Lipinski definition) is 4. The summed E-state index contributed by atoms with van der Waals surface area (Å²) in [7, 11) is -3.57. The summed E-state index contributed by atoms with van der Waals surface area (Å²) < 4.78 is 26.5. The molecule has 1 aromatic heterocycles. The zero-order valence-electron chi connectivity index (χ0n) is 9.76. The lowest BCUT2D eigenvalue weighted by atomic mass is 9.87. The highest BCUT2D eigenvalue weighted by molar-refractivity contribution is 7.91. The van der Waals surface area contributed by atoms with E-state index in [0.29, 0.717) is 12.8 Å². The SMILES string of the molecule is O=C(O)C1(CNS(=O)(=O)c2cccs2)CCCC1. The lowest BCUT2D eigenvalue weighted by Gasteiger charge is -2.23. The largest absolute Gasteiger partial charge is 0.481 e. The molecule has 0 saturated heterocycles. The number of carboxylic acid groups (broad SMARTS) is 1. The van der Waals surface area contributed by atoms with Crippen LogP contribution in [0.3, 0.4) is 0 Å². The number of nitrogens with one attached hydrogen (secondary N) is 1. The average Bonchev–Trinajstić information content (AvgIpc) is 2.99. The Balaban J connectivity index is 2.09. The molecule has 0 bridgehead atoms. The van der Waals surface area contributed by atoms with E-state index < -0.39 is 21.4 Å². The Hall–Kier alpha value is -0.920. The van der Waals surface area contributed by atoms with Crippen molar-refractivity contribution in [1.29, 1.82) is 0 Å². The minimum atomic E-state index is -3.57. The van der Waals surface area contributed by atoms with E-state index in [1.807, 2.05) is 0 Å². The third-order valence-electron chi connectivity index (χ3n) is 3.37. The summed E-state index contributed by atoms with van der Waals surface area (Å²) in [6, 6.07) is 3.16. The van der Waals surface area contributed by atoms with E-state index in [1.54, 1.807) is 11.4 Å². The number of sulfonamides is 1. The van der Waals surface area contributed by atoms with Gasteiger partial charge in [-0.1, -0.05) is 18.9 Å². The van der Waals surface area contributed by atoms with Crippen molar-refractivity contribution in [3.63, 3.8) is 0 Å². The molecule has 7 heteroatoms. The number of hydrogen-bond donors (Lipinski definition) is 2. The Labute approximate surface area is 110 Å². The van der Waals surface area contributed by atoms with Gasteiger partial charge < -0.3 is 5.11 Å². The first-order valence-electron chi connectivity index (χ1n) is 5.73. The van der Waals surface area contributed by atoms with Crippen molar-refractivity contribution in [2.75, 3.05) is 6.54 Å². The molecule has 1 fully saturated rings. The Morgan fingerprint density at radius 2 is 2.11 bits per heavy atom. The van der Waals surface area contributed by atoms with Gasteiger partial charge >= 0.3 is 5.97 Å². The molecule has 1 saturated carbocycles. The molecule has 2 rings (SSSR count). The third-order valence-corrected chi connectivity index (χ3v) is 6.17. The smallest absolute Gasteiger partial charge is 0.310 e. The summed E-state index contributed by atoms with van der Waals surface area (Å²) in [5, 5.41) is 10.9. The van der Waals surface area contributed by atoms with Crippen molar-refractivity contribution in [2.24, 2.45) is 5.41 Å². The normalized spacial score (nSPS) is 18.9. The molecule has 0 atom stereocenters. The van der Waals surface area contributed by atoms with Gasteiger partial charge in [0.05, 0.1) is 5.41 Å². The van der Waals surface area contributed by atoms with Gasteiger partial charge in [0.15, 0.2) is 0 Å². The lowest BCUT2D eigenvalue weighted by Crippen LogP contribution is -2.41. The molecule has 1 aromatic rings. The molecule has 1 aliphatic carbocycles. The van der Waals surface area contributed by atoms with Crippen LogP contribution in [0.4, 0.5) is 0 Å². The molecule has 0 aliphatic heterocycles. The minimum Gasteiger partial charge on any atom is -0.481 e. The number of carbonyl (C=O) groups is 1. The third kappa shape index (κ3) is 2.57. The number of thiophene rings is 1. The van der Waals surface area contributed by atoms with Crippen LogP contribution in [0.25, 0.3) is 0 Å². The van der Waals surface area contributed by atoms with Crippen LogP contribution < -0.4 is 4.72 Å². The minimum absolute atomic E-state index is 0.0252. The fraction of sp³-hybridized carbons (Fsp3) is 0.545. The van der Waals surface area contributed by atoms with E-state index in [4.69, 9.17) is 0 Å². The molecule has 5 nitrogen and oxygen atoms in total. The standard InChI is InChI=1S/C11H15NO4S2/c13-10(14)11(5-1-2-6-11)8-12-18(15,16)9-4-3-7-17-9/h3-4,7,12H,1-2,5-6,8H2,(H,13,14). The van der Waals surface area contributed by atoms with Crippen molar-refractivity contribution >= 4 is 27.3 Å². The topological polar surface area (TPSA) is 83.5 Å². The molecule has 0 aromatic carbocycles. The van der Waals surface area contributed by atoms with Gasteiger partial charge in [0.2, 0.25) is 10.0 Å². The zero-order chi connectivity index (χ0) is 13.2. The molecule has 0 amide bonds. The van der Waals surface area contributed by atoms with Crippen molar-refractivity contribution in [1.82, 2.24) is 4.72 Å². The molecule has 0 unspecified atom stereocenters. The summed E-state index contributed by atoms with van der Waals surface area (Å²) in [5.74, 6) is -0.908. The van der Waals surface area contributed by atoms with Crippen LogP contribution in [0.1, 0.15) is 25.7 Å². The van der Waals surface area contributed by atoms with Gasteiger partial charge in [-0.3, -0.25) is 4.79 Å². The second kappa shape index (κ2) is 4.99. The van der Waals surface area contributed by atoms with Crippen LogP contribution in [0, 0.1) is 5.41 Å². The van der Waals surface area contributed by atoms with Gasteiger partial charge in [-0.15, -0.1) is 11.3 Å². The van der Waals surface area contributed by atoms with Crippen LogP contribution >= 0.6 is 11.3 Å². The molecule has 0 radical (unpaired) electrons. The molecular weight excluding hydrogens is 274 g/mol. The Morgan fingerprint density at radius 1 is 1.44 bits per heavy atom. The lowest BCUT2D eigenvalue weighted by molar-refractivity contribution is -0.148. The highest BCUT2D eigenvalue weighted by atomic mass is 32.2. The summed E-state index contributed by atoms with van der Waals surface area (Å²) in [4.78, 5) is 11.3. The van der Waals surface area contributed by atoms with E-state index in [-0.39, 0.29) is 10.8 Å². The molecule has 0 spiro atoms. The van der Waals surface area contributed by atoms with Gasteiger partial charge in [-0.05, 0) is 24.3 Å². The van der Waals surface area contributed by atoms with Gasteiger partial charge in [0, 0.05) is 6.54 Å². The summed E-state index contributed by atoms with van der Waals surface area (Å²) in [5.41, 5.74) is -0.926. The highest BCUT2D eigenvalue weighted by Crippen LogP contribution is 2.38. The fourth-order valence-corrected chi connectivity index (χ4v) is 4.40. The zero-order valence-corrected chi connectivity index (χ0v) is 11.4. The Morgan fingerprint density at radius 3 is 2.61 bits per heavy atom. The first-order chi connectivity index (χ1) is 8.46. The predicted molar refractivity (Wildman–Crippen MR) is 68.0 cm³/mol. The molecule has 100 valence electrons. The van der Waals surface area contributed by atoms with Crippen LogP contribution in [-0.2, 0) is 14.8 Å². The maximum Gasteiger partial charge on any atom is 0.310 e. The van der Waals surface area contributed by atoms with Gasteiger partial charge in [-0.2, -0.15) is 0 Å². The van der Waals surface area contributed by atoms with E-state index in [1.165, 1.54) is 6.07 Å². The summed E-state index contributed by atoms with van der Waals surface area (Å²) in [6.07, 6.45) is 2.75. The summed E-state index contributed by atoms with van der Waals surface area (Å²) >= 11 is 1.12. The maximum absolute atomic E-state index is 11.9. The van der Waals surface area contributed by atoms with Gasteiger partial charge in [0.25, 0.3) is 0 Å². The van der Waals surface area contributed by atoms with E-state index in [2.05, 4.69) is 4.72 Å². The van der Waals surface area contributed by atoms with E-state index >= 15 is 0 Å².